The van der Waals surface area contributed by atoms with Gasteiger partial charge in [0.2, 0.25) is 0 Å². The molecule has 4 saturated carbocycles. The number of nitrogen functional groups attached to an aromatic ring is 1. The second-order valence-electron chi connectivity index (χ2n) is 6.90. The van der Waals surface area contributed by atoms with E-state index in [0.717, 1.165) is 23.7 Å². The van der Waals surface area contributed by atoms with Gasteiger partial charge in [0.25, 0.3) is 0 Å². The number of nitrogens with two attached hydrogens (primary N) is 1. The molecule has 4 aliphatic rings. The number of aliphatic hydroxyl groups excluding tert-OH is 1. The summed E-state index contributed by atoms with van der Waals surface area (Å²) in [7, 11) is 0. The molecule has 4 bridgehead atoms. The molecule has 19 heavy (non-hydrogen) atoms. The van der Waals surface area contributed by atoms with E-state index in [-0.39, 0.29) is 6.61 Å². The van der Waals surface area contributed by atoms with Gasteiger partial charge in [0.05, 0.1) is 18.8 Å². The summed E-state index contributed by atoms with van der Waals surface area (Å²) in [6.45, 7) is 0.617. The normalized spacial score (nSPS) is 39.9. The topological polar surface area (TPSA) is 64.1 Å². The zero-order chi connectivity index (χ0) is 13.0. The molecule has 0 unspecified atom stereocenters. The lowest BCUT2D eigenvalue weighted by Gasteiger charge is -2.54. The first-order valence-electron chi connectivity index (χ1n) is 7.68. The lowest BCUT2D eigenvalue weighted by atomic mass is 9.51. The van der Waals surface area contributed by atoms with Crippen LogP contribution in [0.15, 0.2) is 6.07 Å². The van der Waals surface area contributed by atoms with Gasteiger partial charge in [0.1, 0.15) is 5.82 Å². The van der Waals surface area contributed by atoms with Crippen molar-refractivity contribution in [3.05, 3.63) is 11.8 Å². The minimum absolute atomic E-state index is 0.104. The molecule has 1 aromatic rings. The lowest BCUT2D eigenvalue weighted by Crippen LogP contribution is -2.43. The van der Waals surface area contributed by atoms with E-state index in [1.165, 1.54) is 37.8 Å². The molecule has 0 saturated heterocycles. The number of aromatic nitrogens is 2. The van der Waals surface area contributed by atoms with Crippen LogP contribution in [0.25, 0.3) is 0 Å². The molecule has 0 aliphatic heterocycles. The first kappa shape index (κ1) is 11.8. The molecule has 3 N–H and O–H groups in total. The van der Waals surface area contributed by atoms with E-state index < -0.39 is 0 Å². The monoisotopic (exact) mass is 261 g/mol. The number of rotatable bonds is 3. The average Bonchev–Trinajstić information content (AvgIpc) is 2.70. The summed E-state index contributed by atoms with van der Waals surface area (Å²) in [5, 5.41) is 13.7. The molecule has 1 heterocycles. The highest BCUT2D eigenvalue weighted by atomic mass is 16.3. The molecule has 104 valence electrons. The van der Waals surface area contributed by atoms with Gasteiger partial charge in [-0.25, -0.2) is 4.68 Å². The lowest BCUT2D eigenvalue weighted by molar-refractivity contribution is -0.00436. The summed E-state index contributed by atoms with van der Waals surface area (Å²) in [4.78, 5) is 0. The van der Waals surface area contributed by atoms with Crippen molar-refractivity contribution < 1.29 is 5.11 Å². The second-order valence-corrected chi connectivity index (χ2v) is 6.90. The third-order valence-electron chi connectivity index (χ3n) is 5.71. The Labute approximate surface area is 114 Å². The summed E-state index contributed by atoms with van der Waals surface area (Å²) in [5.41, 5.74) is 7.20. The van der Waals surface area contributed by atoms with Crippen LogP contribution >= 0.6 is 0 Å². The zero-order valence-electron chi connectivity index (χ0n) is 11.3. The van der Waals surface area contributed by atoms with Crippen molar-refractivity contribution >= 4 is 5.82 Å². The quantitative estimate of drug-likeness (QED) is 0.874. The van der Waals surface area contributed by atoms with Crippen LogP contribution < -0.4 is 5.73 Å². The predicted octanol–water partition coefficient (Wildman–Crippen LogP) is 2.00. The van der Waals surface area contributed by atoms with Crippen molar-refractivity contribution in [1.82, 2.24) is 9.78 Å². The maximum absolute atomic E-state index is 9.05. The molecule has 0 atom stereocenters. The number of hydrogen-bond acceptors (Lipinski definition) is 3. The van der Waals surface area contributed by atoms with Crippen molar-refractivity contribution in [1.29, 1.82) is 0 Å². The molecule has 0 spiro atoms. The van der Waals surface area contributed by atoms with E-state index in [2.05, 4.69) is 11.2 Å². The fourth-order valence-electron chi connectivity index (χ4n) is 5.30. The van der Waals surface area contributed by atoms with Gasteiger partial charge in [-0.05, 0) is 55.8 Å². The maximum Gasteiger partial charge on any atom is 0.122 e. The smallest absolute Gasteiger partial charge is 0.122 e. The van der Waals surface area contributed by atoms with Gasteiger partial charge in [0.15, 0.2) is 0 Å². The van der Waals surface area contributed by atoms with Crippen LogP contribution in [0.2, 0.25) is 0 Å². The first-order chi connectivity index (χ1) is 9.24. The van der Waals surface area contributed by atoms with E-state index in [1.807, 2.05) is 0 Å². The van der Waals surface area contributed by atoms with Gasteiger partial charge in [-0.1, -0.05) is 0 Å². The summed E-state index contributed by atoms with van der Waals surface area (Å²) in [6.07, 6.45) is 7.12. The van der Waals surface area contributed by atoms with Gasteiger partial charge in [-0.15, -0.1) is 0 Å². The average molecular weight is 261 g/mol. The van der Waals surface area contributed by atoms with Crippen LogP contribution in [-0.2, 0) is 6.54 Å². The summed E-state index contributed by atoms with van der Waals surface area (Å²) in [5.74, 6) is 5.01. The Kier molecular flexibility index (Phi) is 2.62. The molecule has 0 radical (unpaired) electrons. The van der Waals surface area contributed by atoms with E-state index in [4.69, 9.17) is 10.8 Å². The largest absolute Gasteiger partial charge is 0.394 e. The van der Waals surface area contributed by atoms with E-state index in [0.29, 0.717) is 18.3 Å². The highest BCUT2D eigenvalue weighted by molar-refractivity contribution is 5.33. The molecule has 1 aromatic heterocycles. The van der Waals surface area contributed by atoms with Crippen LogP contribution in [0, 0.1) is 23.7 Å². The van der Waals surface area contributed by atoms with Gasteiger partial charge < -0.3 is 10.8 Å². The van der Waals surface area contributed by atoms with Crippen LogP contribution in [0.1, 0.15) is 43.7 Å². The molecule has 5 rings (SSSR count). The van der Waals surface area contributed by atoms with Gasteiger partial charge in [-0.2, -0.15) is 5.10 Å². The van der Waals surface area contributed by atoms with Crippen molar-refractivity contribution in [2.45, 2.75) is 44.6 Å². The summed E-state index contributed by atoms with van der Waals surface area (Å²) >= 11 is 0. The zero-order valence-corrected chi connectivity index (χ0v) is 11.3. The molecule has 0 aromatic carbocycles. The number of nitrogens with zero attached hydrogens (tertiary/aromatic N) is 2. The Morgan fingerprint density at radius 2 is 1.79 bits per heavy atom. The second kappa shape index (κ2) is 4.23. The van der Waals surface area contributed by atoms with Crippen LogP contribution in [0.4, 0.5) is 5.82 Å². The number of aliphatic hydroxyl groups is 1. The number of hydrogen-bond donors (Lipinski definition) is 2. The first-order valence-corrected chi connectivity index (χ1v) is 7.68. The van der Waals surface area contributed by atoms with Crippen molar-refractivity contribution in [2.24, 2.45) is 23.7 Å². The van der Waals surface area contributed by atoms with E-state index in [1.54, 1.807) is 4.68 Å². The fourth-order valence-corrected chi connectivity index (χ4v) is 5.30. The molecule has 4 fully saturated rings. The Balaban J connectivity index is 1.63. The van der Waals surface area contributed by atoms with Crippen molar-refractivity contribution in [2.75, 3.05) is 12.3 Å². The Bertz CT molecular complexity index is 454. The number of anilines is 1. The van der Waals surface area contributed by atoms with Gasteiger partial charge in [-0.3, -0.25) is 0 Å². The summed E-state index contributed by atoms with van der Waals surface area (Å²) in [6, 6.07) is 2.06. The predicted molar refractivity (Wildman–Crippen MR) is 73.5 cm³/mol. The maximum atomic E-state index is 9.05. The van der Waals surface area contributed by atoms with E-state index in [9.17, 15) is 0 Å². The van der Waals surface area contributed by atoms with Crippen molar-refractivity contribution in [3.63, 3.8) is 0 Å². The highest BCUT2D eigenvalue weighted by Gasteiger charge is 2.49. The molecular weight excluding hydrogens is 238 g/mol. The highest BCUT2D eigenvalue weighted by Crippen LogP contribution is 2.59. The molecule has 4 aliphatic carbocycles. The Morgan fingerprint density at radius 1 is 1.16 bits per heavy atom. The van der Waals surface area contributed by atoms with Crippen LogP contribution in [0.3, 0.4) is 0 Å². The molecule has 0 amide bonds. The standard InChI is InChI=1S/C15H23N3O/c16-14-8-13(17-18(14)1-2-19)15-11-4-9-3-10(6-11)7-12(15)5-9/h8-12,15,19H,1-7,16H2. The van der Waals surface area contributed by atoms with Crippen LogP contribution in [-0.4, -0.2) is 21.5 Å². The van der Waals surface area contributed by atoms with Crippen LogP contribution in [0.5, 0.6) is 0 Å². The summed E-state index contributed by atoms with van der Waals surface area (Å²) < 4.78 is 1.76. The minimum Gasteiger partial charge on any atom is -0.394 e. The Morgan fingerprint density at radius 3 is 2.37 bits per heavy atom. The van der Waals surface area contributed by atoms with Crippen molar-refractivity contribution in [3.8, 4) is 0 Å². The van der Waals surface area contributed by atoms with E-state index >= 15 is 0 Å². The molecule has 4 heteroatoms. The minimum atomic E-state index is 0.104. The molecular formula is C15H23N3O. The third-order valence-corrected chi connectivity index (χ3v) is 5.71. The third kappa shape index (κ3) is 1.80. The Hall–Kier alpha value is -1.03. The van der Waals surface area contributed by atoms with Gasteiger partial charge >= 0.3 is 0 Å². The van der Waals surface area contributed by atoms with Gasteiger partial charge in [0, 0.05) is 12.0 Å². The fraction of sp³-hybridized carbons (Fsp3) is 0.800. The molecule has 4 nitrogen and oxygen atoms in total. The SMILES string of the molecule is Nc1cc(C2C3CC4CC(C3)CC2C4)nn1CCO.